The van der Waals surface area contributed by atoms with Crippen LogP contribution in [0.2, 0.25) is 0 Å². The molecule has 108 valence electrons. The summed E-state index contributed by atoms with van der Waals surface area (Å²) in [7, 11) is 0. The molecule has 1 saturated carbocycles. The highest BCUT2D eigenvalue weighted by molar-refractivity contribution is 5.92. The Balaban J connectivity index is 1.36. The van der Waals surface area contributed by atoms with Gasteiger partial charge in [-0.3, -0.25) is 9.69 Å². The van der Waals surface area contributed by atoms with Crippen LogP contribution < -0.4 is 10.5 Å². The zero-order valence-corrected chi connectivity index (χ0v) is 11.8. The summed E-state index contributed by atoms with van der Waals surface area (Å²) in [6.45, 7) is 3.16. The van der Waals surface area contributed by atoms with E-state index in [1.165, 1.54) is 25.8 Å². The van der Waals surface area contributed by atoms with E-state index in [0.717, 1.165) is 37.3 Å². The SMILES string of the molecule is NC(=O)c1ccc(OCCCN2C[C@H]3CCC[C@H]32)cc1. The van der Waals surface area contributed by atoms with Crippen LogP contribution >= 0.6 is 0 Å². The highest BCUT2D eigenvalue weighted by atomic mass is 16.5. The monoisotopic (exact) mass is 274 g/mol. The fourth-order valence-corrected chi connectivity index (χ4v) is 3.44. The number of primary amides is 1. The normalized spacial score (nSPS) is 25.0. The summed E-state index contributed by atoms with van der Waals surface area (Å²) in [6, 6.07) is 7.88. The smallest absolute Gasteiger partial charge is 0.248 e. The third kappa shape index (κ3) is 2.80. The number of amides is 1. The van der Waals surface area contributed by atoms with Gasteiger partial charge in [0.05, 0.1) is 6.61 Å². The minimum absolute atomic E-state index is 0.402. The van der Waals surface area contributed by atoms with Gasteiger partial charge in [-0.05, 0) is 49.4 Å². The van der Waals surface area contributed by atoms with Crippen molar-refractivity contribution in [2.24, 2.45) is 11.7 Å². The van der Waals surface area contributed by atoms with E-state index in [0.29, 0.717) is 5.56 Å². The van der Waals surface area contributed by atoms with Gasteiger partial charge in [0, 0.05) is 24.7 Å². The topological polar surface area (TPSA) is 55.6 Å². The van der Waals surface area contributed by atoms with E-state index in [1.807, 2.05) is 0 Å². The van der Waals surface area contributed by atoms with Crippen LogP contribution in [-0.4, -0.2) is 36.5 Å². The van der Waals surface area contributed by atoms with Gasteiger partial charge in [-0.2, -0.15) is 0 Å². The number of fused-ring (bicyclic) bond motifs is 1. The van der Waals surface area contributed by atoms with E-state index in [9.17, 15) is 4.79 Å². The molecule has 4 nitrogen and oxygen atoms in total. The average molecular weight is 274 g/mol. The van der Waals surface area contributed by atoms with Crippen molar-refractivity contribution in [2.75, 3.05) is 19.7 Å². The second kappa shape index (κ2) is 5.83. The van der Waals surface area contributed by atoms with Crippen molar-refractivity contribution in [3.63, 3.8) is 0 Å². The second-order valence-corrected chi connectivity index (χ2v) is 5.84. The maximum Gasteiger partial charge on any atom is 0.248 e. The molecule has 0 spiro atoms. The van der Waals surface area contributed by atoms with Crippen molar-refractivity contribution in [3.05, 3.63) is 29.8 Å². The van der Waals surface area contributed by atoms with Crippen molar-refractivity contribution < 1.29 is 9.53 Å². The van der Waals surface area contributed by atoms with Crippen LogP contribution in [0, 0.1) is 5.92 Å². The first kappa shape index (κ1) is 13.4. The minimum Gasteiger partial charge on any atom is -0.494 e. The number of hydrogen-bond acceptors (Lipinski definition) is 3. The number of hydrogen-bond donors (Lipinski definition) is 1. The zero-order valence-electron chi connectivity index (χ0n) is 11.8. The van der Waals surface area contributed by atoms with E-state index < -0.39 is 5.91 Å². The van der Waals surface area contributed by atoms with Gasteiger partial charge in [-0.1, -0.05) is 6.42 Å². The molecule has 0 radical (unpaired) electrons. The molecule has 1 heterocycles. The molecule has 1 amide bonds. The van der Waals surface area contributed by atoms with Crippen LogP contribution in [0.5, 0.6) is 5.75 Å². The molecular weight excluding hydrogens is 252 g/mol. The number of carbonyl (C=O) groups excluding carboxylic acids is 1. The molecule has 2 fully saturated rings. The van der Waals surface area contributed by atoms with E-state index in [1.54, 1.807) is 24.3 Å². The summed E-state index contributed by atoms with van der Waals surface area (Å²) < 4.78 is 5.69. The Hall–Kier alpha value is -1.55. The highest BCUT2D eigenvalue weighted by Gasteiger charge is 2.41. The number of nitrogens with zero attached hydrogens (tertiary/aromatic N) is 1. The Labute approximate surface area is 119 Å². The molecule has 2 aliphatic rings. The van der Waals surface area contributed by atoms with Gasteiger partial charge >= 0.3 is 0 Å². The Morgan fingerprint density at radius 2 is 2.10 bits per heavy atom. The molecule has 1 aromatic carbocycles. The molecule has 2 atom stereocenters. The van der Waals surface area contributed by atoms with E-state index in [2.05, 4.69) is 4.90 Å². The molecule has 1 aromatic rings. The molecule has 1 aliphatic carbocycles. The number of carbonyl (C=O) groups is 1. The van der Waals surface area contributed by atoms with Crippen LogP contribution in [0.1, 0.15) is 36.0 Å². The van der Waals surface area contributed by atoms with Crippen molar-refractivity contribution in [1.29, 1.82) is 0 Å². The molecule has 1 aliphatic heterocycles. The summed E-state index contributed by atoms with van der Waals surface area (Å²) in [5.74, 6) is 1.38. The van der Waals surface area contributed by atoms with Gasteiger partial charge in [0.2, 0.25) is 5.91 Å². The Kier molecular flexibility index (Phi) is 3.92. The minimum atomic E-state index is -0.402. The lowest BCUT2D eigenvalue weighted by atomic mass is 9.92. The van der Waals surface area contributed by atoms with Gasteiger partial charge in [0.1, 0.15) is 5.75 Å². The van der Waals surface area contributed by atoms with Crippen LogP contribution in [0.25, 0.3) is 0 Å². The predicted molar refractivity (Wildman–Crippen MR) is 77.8 cm³/mol. The highest BCUT2D eigenvalue weighted by Crippen LogP contribution is 2.38. The van der Waals surface area contributed by atoms with E-state index in [4.69, 9.17) is 10.5 Å². The molecule has 0 unspecified atom stereocenters. The lowest BCUT2D eigenvalue weighted by molar-refractivity contribution is 0.0341. The van der Waals surface area contributed by atoms with Gasteiger partial charge in [-0.15, -0.1) is 0 Å². The lowest BCUT2D eigenvalue weighted by Crippen LogP contribution is -2.53. The fourth-order valence-electron chi connectivity index (χ4n) is 3.44. The molecule has 0 bridgehead atoms. The molecule has 20 heavy (non-hydrogen) atoms. The van der Waals surface area contributed by atoms with Crippen molar-refractivity contribution in [1.82, 2.24) is 4.90 Å². The standard InChI is InChI=1S/C16H22N2O2/c17-16(19)12-5-7-14(8-6-12)20-10-2-9-18-11-13-3-1-4-15(13)18/h5-8,13,15H,1-4,9-11H2,(H2,17,19)/t13-,15-/m1/s1. The first-order chi connectivity index (χ1) is 9.74. The lowest BCUT2D eigenvalue weighted by Gasteiger charge is -2.44. The summed E-state index contributed by atoms with van der Waals surface area (Å²) >= 11 is 0. The third-order valence-electron chi connectivity index (χ3n) is 4.55. The number of ether oxygens (including phenoxy) is 1. The summed E-state index contributed by atoms with van der Waals surface area (Å²) in [5, 5.41) is 0. The molecule has 2 N–H and O–H groups in total. The number of likely N-dealkylation sites (tertiary alicyclic amines) is 1. The van der Waals surface area contributed by atoms with E-state index >= 15 is 0 Å². The molecule has 1 saturated heterocycles. The van der Waals surface area contributed by atoms with Crippen LogP contribution in [0.3, 0.4) is 0 Å². The van der Waals surface area contributed by atoms with Gasteiger partial charge < -0.3 is 10.5 Å². The number of benzene rings is 1. The third-order valence-corrected chi connectivity index (χ3v) is 4.55. The van der Waals surface area contributed by atoms with Gasteiger partial charge in [-0.25, -0.2) is 0 Å². The van der Waals surface area contributed by atoms with E-state index in [-0.39, 0.29) is 0 Å². The molecular formula is C16H22N2O2. The van der Waals surface area contributed by atoms with Crippen molar-refractivity contribution >= 4 is 5.91 Å². The molecule has 0 aromatic heterocycles. The maximum absolute atomic E-state index is 11.0. The molecule has 3 rings (SSSR count). The Bertz CT molecular complexity index is 472. The average Bonchev–Trinajstić information content (AvgIpc) is 2.80. The quantitative estimate of drug-likeness (QED) is 0.808. The van der Waals surface area contributed by atoms with Crippen molar-refractivity contribution in [3.8, 4) is 5.75 Å². The van der Waals surface area contributed by atoms with Crippen LogP contribution in [0.4, 0.5) is 0 Å². The number of rotatable bonds is 6. The number of nitrogens with two attached hydrogens (primary N) is 1. The summed E-state index contributed by atoms with van der Waals surface area (Å²) in [4.78, 5) is 13.5. The summed E-state index contributed by atoms with van der Waals surface area (Å²) in [6.07, 6.45) is 5.29. The Morgan fingerprint density at radius 3 is 2.80 bits per heavy atom. The fraction of sp³-hybridized carbons (Fsp3) is 0.562. The van der Waals surface area contributed by atoms with Crippen LogP contribution in [-0.2, 0) is 0 Å². The first-order valence-corrected chi connectivity index (χ1v) is 7.51. The van der Waals surface area contributed by atoms with Gasteiger partial charge in [0.15, 0.2) is 0 Å². The summed E-state index contributed by atoms with van der Waals surface area (Å²) in [5.41, 5.74) is 5.72. The van der Waals surface area contributed by atoms with Crippen molar-refractivity contribution in [2.45, 2.75) is 31.7 Å². The predicted octanol–water partition coefficient (Wildman–Crippen LogP) is 2.04. The molecule has 4 heteroatoms. The van der Waals surface area contributed by atoms with Gasteiger partial charge in [0.25, 0.3) is 0 Å². The maximum atomic E-state index is 11.0. The largest absolute Gasteiger partial charge is 0.494 e. The van der Waals surface area contributed by atoms with Crippen LogP contribution in [0.15, 0.2) is 24.3 Å². The first-order valence-electron chi connectivity index (χ1n) is 7.51. The second-order valence-electron chi connectivity index (χ2n) is 5.84. The Morgan fingerprint density at radius 1 is 1.30 bits per heavy atom. The zero-order chi connectivity index (χ0) is 13.9.